The van der Waals surface area contributed by atoms with Gasteiger partial charge >= 0.3 is 12.1 Å². The molecule has 3 aliphatic rings. The van der Waals surface area contributed by atoms with Gasteiger partial charge in [-0.1, -0.05) is 23.2 Å². The van der Waals surface area contributed by atoms with E-state index >= 15 is 0 Å². The van der Waals surface area contributed by atoms with Crippen molar-refractivity contribution in [1.29, 1.82) is 0 Å². The number of rotatable bonds is 16. The summed E-state index contributed by atoms with van der Waals surface area (Å²) in [6, 6.07) is 20.7. The number of hydrogen-bond acceptors (Lipinski definition) is 10. The van der Waals surface area contributed by atoms with Crippen LogP contribution in [0.25, 0.3) is 22.6 Å². The Morgan fingerprint density at radius 3 is 1.56 bits per heavy atom. The van der Waals surface area contributed by atoms with Crippen molar-refractivity contribution in [2.75, 3.05) is 52.9 Å². The Hall–Kier alpha value is -5.28. The zero-order valence-electron chi connectivity index (χ0n) is 31.6. The summed E-state index contributed by atoms with van der Waals surface area (Å²) < 4.78 is 11.7. The molecule has 14 nitrogen and oxygen atoms in total. The smallest absolute Gasteiger partial charge is 0.347 e. The number of likely N-dealkylation sites (N-methyl/N-ethyl adjacent to an activating group) is 1. The molecule has 6 amide bonds. The maximum atomic E-state index is 13.1. The number of nitrogens with zero attached hydrogens (tertiary/aromatic N) is 7. The summed E-state index contributed by atoms with van der Waals surface area (Å²) in [5.41, 5.74) is 1.58. The van der Waals surface area contributed by atoms with Gasteiger partial charge in [-0.05, 0) is 118 Å². The zero-order valence-corrected chi connectivity index (χ0v) is 33.1. The molecule has 16 heteroatoms. The Morgan fingerprint density at radius 1 is 0.667 bits per heavy atom. The number of furan rings is 2. The van der Waals surface area contributed by atoms with Crippen LogP contribution < -0.4 is 5.32 Å². The minimum Gasteiger partial charge on any atom is -0.455 e. The van der Waals surface area contributed by atoms with Crippen LogP contribution >= 0.6 is 23.2 Å². The number of unbranched alkanes of at least 4 members (excludes halogenated alkanes) is 2. The third kappa shape index (κ3) is 9.48. The molecule has 0 unspecified atom stereocenters. The molecule has 5 heterocycles. The van der Waals surface area contributed by atoms with Crippen LogP contribution in [0, 0.1) is 0 Å². The largest absolute Gasteiger partial charge is 0.455 e. The zero-order chi connectivity index (χ0) is 39.9. The minimum atomic E-state index is -0.452. The predicted octanol–water partition coefficient (Wildman–Crippen LogP) is 7.02. The molecule has 2 aromatic heterocycles. The van der Waals surface area contributed by atoms with Gasteiger partial charge < -0.3 is 14.2 Å². The van der Waals surface area contributed by atoms with E-state index in [4.69, 9.17) is 32.0 Å². The van der Waals surface area contributed by atoms with Gasteiger partial charge in [0, 0.05) is 59.4 Å². The number of carbonyl (C=O) groups excluding carboxylic acids is 4. The highest BCUT2D eigenvalue weighted by atomic mass is 35.5. The Balaban J connectivity index is 0.857. The minimum absolute atomic E-state index is 0.126. The maximum Gasteiger partial charge on any atom is 0.347 e. The second kappa shape index (κ2) is 17.9. The summed E-state index contributed by atoms with van der Waals surface area (Å²) >= 11 is 12.0. The molecular formula is C41H44Cl2N8O6. The van der Waals surface area contributed by atoms with Gasteiger partial charge in [0.15, 0.2) is 0 Å². The third-order valence-corrected chi connectivity index (χ3v) is 11.2. The van der Waals surface area contributed by atoms with Gasteiger partial charge in [0.2, 0.25) is 0 Å². The predicted molar refractivity (Wildman–Crippen MR) is 217 cm³/mol. The van der Waals surface area contributed by atoms with Gasteiger partial charge in [-0.3, -0.25) is 24.3 Å². The summed E-state index contributed by atoms with van der Waals surface area (Å²) in [5.74, 6) is 1.60. The lowest BCUT2D eigenvalue weighted by Gasteiger charge is -2.46. The van der Waals surface area contributed by atoms with E-state index in [0.717, 1.165) is 66.5 Å². The number of benzene rings is 2. The van der Waals surface area contributed by atoms with Crippen molar-refractivity contribution in [3.63, 3.8) is 0 Å². The fourth-order valence-corrected chi connectivity index (χ4v) is 7.63. The first-order chi connectivity index (χ1) is 27.6. The van der Waals surface area contributed by atoms with E-state index in [0.29, 0.717) is 59.0 Å². The van der Waals surface area contributed by atoms with Crippen LogP contribution in [-0.2, 0) is 9.59 Å². The average molecular weight is 816 g/mol. The highest BCUT2D eigenvalue weighted by Crippen LogP contribution is 2.30. The van der Waals surface area contributed by atoms with Crippen LogP contribution in [0.5, 0.6) is 0 Å². The lowest BCUT2D eigenvalue weighted by Crippen LogP contribution is -2.59. The van der Waals surface area contributed by atoms with Gasteiger partial charge in [-0.15, -0.1) is 0 Å². The summed E-state index contributed by atoms with van der Waals surface area (Å²) in [5, 5.41) is 15.6. The first kappa shape index (κ1) is 39.9. The first-order valence-corrected chi connectivity index (χ1v) is 19.8. The van der Waals surface area contributed by atoms with E-state index in [1.807, 2.05) is 36.4 Å². The quantitative estimate of drug-likeness (QED) is 0.0721. The molecule has 3 saturated heterocycles. The van der Waals surface area contributed by atoms with E-state index in [-0.39, 0.29) is 30.4 Å². The molecule has 57 heavy (non-hydrogen) atoms. The van der Waals surface area contributed by atoms with Crippen molar-refractivity contribution in [2.45, 2.75) is 44.1 Å². The van der Waals surface area contributed by atoms with E-state index in [1.165, 1.54) is 22.2 Å². The summed E-state index contributed by atoms with van der Waals surface area (Å²) in [6.45, 7) is 2.94. The fourth-order valence-electron chi connectivity index (χ4n) is 7.38. The van der Waals surface area contributed by atoms with E-state index in [1.54, 1.807) is 36.4 Å². The van der Waals surface area contributed by atoms with E-state index in [9.17, 15) is 19.2 Å². The number of urea groups is 2. The van der Waals surface area contributed by atoms with Crippen LogP contribution in [0.3, 0.4) is 0 Å². The number of imide groups is 2. The second-order valence-electron chi connectivity index (χ2n) is 14.4. The van der Waals surface area contributed by atoms with Gasteiger partial charge in [0.25, 0.3) is 11.8 Å². The molecule has 0 radical (unpaired) electrons. The summed E-state index contributed by atoms with van der Waals surface area (Å²) in [7, 11) is 2.13. The molecule has 2 aromatic carbocycles. The molecule has 0 spiro atoms. The Labute approximate surface area is 340 Å². The molecule has 3 fully saturated rings. The number of piperazine rings is 1. The van der Waals surface area contributed by atoms with Crippen LogP contribution in [0.1, 0.15) is 50.0 Å². The number of hydrazone groups is 2. The van der Waals surface area contributed by atoms with Crippen molar-refractivity contribution in [3.05, 3.63) is 94.4 Å². The number of halogens is 2. The van der Waals surface area contributed by atoms with Crippen molar-refractivity contribution in [1.82, 2.24) is 30.0 Å². The van der Waals surface area contributed by atoms with Gasteiger partial charge in [-0.2, -0.15) is 10.2 Å². The second-order valence-corrected chi connectivity index (χ2v) is 15.3. The molecule has 298 valence electrons. The number of nitrogens with one attached hydrogen (secondary N) is 1. The highest BCUT2D eigenvalue weighted by Gasteiger charge is 2.39. The topological polar surface area (TPSA) is 148 Å². The molecule has 0 saturated carbocycles. The normalized spacial score (nSPS) is 19.5. The van der Waals surface area contributed by atoms with Crippen LogP contribution in [-0.4, -0.2) is 119 Å². The van der Waals surface area contributed by atoms with Gasteiger partial charge in [0.1, 0.15) is 36.1 Å². The van der Waals surface area contributed by atoms with Crippen molar-refractivity contribution >= 4 is 59.5 Å². The average Bonchev–Trinajstić information content (AvgIpc) is 3.99. The summed E-state index contributed by atoms with van der Waals surface area (Å²) in [6.07, 6.45) is 7.51. The summed E-state index contributed by atoms with van der Waals surface area (Å²) in [4.78, 5) is 56.7. The molecule has 0 atom stereocenters. The van der Waals surface area contributed by atoms with Crippen molar-refractivity contribution in [3.8, 4) is 22.6 Å². The third-order valence-electron chi connectivity index (χ3n) is 10.7. The molecule has 1 N–H and O–H groups in total. The Morgan fingerprint density at radius 2 is 1.12 bits per heavy atom. The Bertz CT molecular complexity index is 1990. The van der Waals surface area contributed by atoms with Crippen molar-refractivity contribution in [2.24, 2.45) is 10.2 Å². The Kier molecular flexibility index (Phi) is 12.5. The standard InChI is InChI=1S/C41H44Cl2N8O6/c1-47-23-20-44-28-41(47,18-2-4-21-48-37(52)26-50(39(48)54)45-24-33-14-16-35(56-33)29-6-10-31(42)11-7-29)19-3-5-22-49-38(53)27-51(40(49)55)46-25-34-15-17-36(57-34)30-8-12-32(43)13-9-30/h6-17,24-25,44H,2-5,18-23,26-28H2,1H3. The number of hydrogen-bond donors (Lipinski definition) is 1. The molecular weight excluding hydrogens is 771 g/mol. The number of amides is 6. The monoisotopic (exact) mass is 814 g/mol. The molecule has 4 aromatic rings. The molecule has 0 aliphatic carbocycles. The van der Waals surface area contributed by atoms with Crippen molar-refractivity contribution < 1.29 is 28.0 Å². The van der Waals surface area contributed by atoms with Crippen LogP contribution in [0.4, 0.5) is 9.59 Å². The molecule has 3 aliphatic heterocycles. The SMILES string of the molecule is CN1CCNCC1(CCCCN1C(=O)CN(N=Cc2ccc(-c3ccc(Cl)cc3)o2)C1=O)CCCCN1C(=O)CN(N=Cc2ccc(-c3ccc(Cl)cc3)o2)C1=O. The highest BCUT2D eigenvalue weighted by molar-refractivity contribution is 6.30. The lowest BCUT2D eigenvalue weighted by molar-refractivity contribution is -0.126. The van der Waals surface area contributed by atoms with Gasteiger partial charge in [0.05, 0.1) is 12.4 Å². The van der Waals surface area contributed by atoms with E-state index in [2.05, 4.69) is 27.5 Å². The molecule has 0 bridgehead atoms. The first-order valence-electron chi connectivity index (χ1n) is 19.0. The lowest BCUT2D eigenvalue weighted by atomic mass is 9.84. The molecule has 7 rings (SSSR count). The number of carbonyl (C=O) groups is 4. The fraction of sp³-hybridized carbons (Fsp3) is 0.366. The van der Waals surface area contributed by atoms with Crippen LogP contribution in [0.2, 0.25) is 10.0 Å². The van der Waals surface area contributed by atoms with Gasteiger partial charge in [-0.25, -0.2) is 19.6 Å². The maximum absolute atomic E-state index is 13.1. The van der Waals surface area contributed by atoms with E-state index < -0.39 is 12.1 Å². The van der Waals surface area contributed by atoms with Crippen LogP contribution in [0.15, 0.2) is 91.8 Å².